The maximum absolute atomic E-state index is 12.0. The van der Waals surface area contributed by atoms with Crippen molar-refractivity contribution in [1.29, 1.82) is 0 Å². The van der Waals surface area contributed by atoms with E-state index in [0.29, 0.717) is 12.4 Å². The molecular formula is C11H15N5O. The minimum absolute atomic E-state index is 0.109. The monoisotopic (exact) mass is 233 g/mol. The van der Waals surface area contributed by atoms with Crippen molar-refractivity contribution in [3.63, 3.8) is 0 Å². The van der Waals surface area contributed by atoms with Crippen LogP contribution < -0.4 is 10.9 Å². The molecule has 0 saturated heterocycles. The Morgan fingerprint density at radius 3 is 2.94 bits per heavy atom. The van der Waals surface area contributed by atoms with E-state index in [4.69, 9.17) is 0 Å². The first-order valence-corrected chi connectivity index (χ1v) is 5.47. The number of hydrogen-bond donors (Lipinski definition) is 2. The van der Waals surface area contributed by atoms with Gasteiger partial charge in [0.15, 0.2) is 5.82 Å². The molecule has 2 heterocycles. The zero-order valence-corrected chi connectivity index (χ0v) is 9.84. The molecule has 6 nitrogen and oxygen atoms in total. The Morgan fingerprint density at radius 2 is 2.29 bits per heavy atom. The molecule has 0 aliphatic rings. The molecule has 2 N–H and O–H groups in total. The third-order valence-electron chi connectivity index (χ3n) is 2.43. The zero-order chi connectivity index (χ0) is 12.3. The minimum Gasteiger partial charge on any atom is -0.360 e. The number of hydrogen-bond acceptors (Lipinski definition) is 4. The SMILES string of the molecule is CC(C)n1ccnc(NCc2ccn[nH]2)c1=O. The Morgan fingerprint density at radius 1 is 1.47 bits per heavy atom. The molecule has 17 heavy (non-hydrogen) atoms. The van der Waals surface area contributed by atoms with Crippen LogP contribution in [0.3, 0.4) is 0 Å². The summed E-state index contributed by atoms with van der Waals surface area (Å²) in [5.41, 5.74) is 0.799. The van der Waals surface area contributed by atoms with Crippen LogP contribution in [-0.4, -0.2) is 19.7 Å². The second-order valence-electron chi connectivity index (χ2n) is 4.02. The van der Waals surface area contributed by atoms with Crippen LogP contribution in [0.5, 0.6) is 0 Å². The van der Waals surface area contributed by atoms with Gasteiger partial charge >= 0.3 is 0 Å². The Hall–Kier alpha value is -2.11. The molecule has 0 radical (unpaired) electrons. The van der Waals surface area contributed by atoms with Crippen LogP contribution in [0, 0.1) is 0 Å². The van der Waals surface area contributed by atoms with E-state index < -0.39 is 0 Å². The largest absolute Gasteiger partial charge is 0.360 e. The van der Waals surface area contributed by atoms with Crippen LogP contribution in [-0.2, 0) is 6.54 Å². The maximum Gasteiger partial charge on any atom is 0.293 e. The number of rotatable bonds is 4. The van der Waals surface area contributed by atoms with Gasteiger partial charge in [0.25, 0.3) is 5.56 Å². The minimum atomic E-state index is -0.109. The van der Waals surface area contributed by atoms with Crippen molar-refractivity contribution in [2.75, 3.05) is 5.32 Å². The highest BCUT2D eigenvalue weighted by Crippen LogP contribution is 2.02. The molecule has 2 aromatic heterocycles. The van der Waals surface area contributed by atoms with Crippen LogP contribution in [0.4, 0.5) is 5.82 Å². The first-order valence-electron chi connectivity index (χ1n) is 5.47. The Bertz CT molecular complexity index is 529. The lowest BCUT2D eigenvalue weighted by Crippen LogP contribution is -2.25. The van der Waals surface area contributed by atoms with Crippen molar-refractivity contribution in [1.82, 2.24) is 19.7 Å². The molecular weight excluding hydrogens is 218 g/mol. The third-order valence-corrected chi connectivity index (χ3v) is 2.43. The number of nitrogens with zero attached hydrogens (tertiary/aromatic N) is 3. The number of nitrogens with one attached hydrogen (secondary N) is 2. The topological polar surface area (TPSA) is 75.6 Å². The van der Waals surface area contributed by atoms with E-state index in [2.05, 4.69) is 20.5 Å². The number of aromatic amines is 1. The molecule has 0 amide bonds. The highest BCUT2D eigenvalue weighted by atomic mass is 16.1. The van der Waals surface area contributed by atoms with Crippen LogP contribution in [0.25, 0.3) is 0 Å². The molecule has 0 atom stereocenters. The van der Waals surface area contributed by atoms with Crippen molar-refractivity contribution in [3.8, 4) is 0 Å². The van der Waals surface area contributed by atoms with Crippen molar-refractivity contribution in [2.24, 2.45) is 0 Å². The summed E-state index contributed by atoms with van der Waals surface area (Å²) in [4.78, 5) is 16.0. The Kier molecular flexibility index (Phi) is 3.22. The molecule has 2 aromatic rings. The van der Waals surface area contributed by atoms with Crippen molar-refractivity contribution >= 4 is 5.82 Å². The summed E-state index contributed by atoms with van der Waals surface area (Å²) in [6, 6.07) is 1.97. The first-order chi connectivity index (χ1) is 8.18. The summed E-state index contributed by atoms with van der Waals surface area (Å²) in [7, 11) is 0. The van der Waals surface area contributed by atoms with Gasteiger partial charge in [0.1, 0.15) is 0 Å². The molecule has 0 saturated carbocycles. The predicted octanol–water partition coefficient (Wildman–Crippen LogP) is 1.16. The lowest BCUT2D eigenvalue weighted by Gasteiger charge is -2.11. The van der Waals surface area contributed by atoms with Crippen LogP contribution in [0.1, 0.15) is 25.6 Å². The second-order valence-corrected chi connectivity index (χ2v) is 4.02. The molecule has 0 fully saturated rings. The fraction of sp³-hybridized carbons (Fsp3) is 0.364. The molecule has 0 aliphatic carbocycles. The average molecular weight is 233 g/mol. The lowest BCUT2D eigenvalue weighted by atomic mass is 10.4. The fourth-order valence-corrected chi connectivity index (χ4v) is 1.51. The summed E-state index contributed by atoms with van der Waals surface area (Å²) in [6.45, 7) is 4.42. The molecule has 0 spiro atoms. The van der Waals surface area contributed by atoms with Gasteiger partial charge in [-0.2, -0.15) is 5.10 Å². The highest BCUT2D eigenvalue weighted by Gasteiger charge is 2.06. The smallest absolute Gasteiger partial charge is 0.293 e. The van der Waals surface area contributed by atoms with E-state index in [9.17, 15) is 4.79 Å². The maximum atomic E-state index is 12.0. The normalized spacial score (nSPS) is 10.8. The second kappa shape index (κ2) is 4.82. The molecule has 0 unspecified atom stereocenters. The standard InChI is InChI=1S/C11H15N5O/c1-8(2)16-6-5-12-10(11(16)17)13-7-9-3-4-14-15-9/h3-6,8H,7H2,1-2H3,(H,12,13)(H,14,15). The first kappa shape index (κ1) is 11.4. The van der Waals surface area contributed by atoms with Gasteiger partial charge in [-0.1, -0.05) is 0 Å². The van der Waals surface area contributed by atoms with E-state index in [-0.39, 0.29) is 11.6 Å². The van der Waals surface area contributed by atoms with Gasteiger partial charge < -0.3 is 9.88 Å². The van der Waals surface area contributed by atoms with Crippen LogP contribution in [0.2, 0.25) is 0 Å². The molecule has 2 rings (SSSR count). The third kappa shape index (κ3) is 2.52. The Balaban J connectivity index is 2.16. The summed E-state index contributed by atoms with van der Waals surface area (Å²) in [5.74, 6) is 0.357. The van der Waals surface area contributed by atoms with E-state index in [1.54, 1.807) is 23.2 Å². The summed E-state index contributed by atoms with van der Waals surface area (Å²) in [6.07, 6.45) is 4.98. The molecule has 90 valence electrons. The highest BCUT2D eigenvalue weighted by molar-refractivity contribution is 5.31. The summed E-state index contributed by atoms with van der Waals surface area (Å²) >= 11 is 0. The molecule has 0 aromatic carbocycles. The zero-order valence-electron chi connectivity index (χ0n) is 9.84. The number of H-pyrrole nitrogens is 1. The molecule has 0 bridgehead atoms. The van der Waals surface area contributed by atoms with Gasteiger partial charge in [-0.25, -0.2) is 4.98 Å². The van der Waals surface area contributed by atoms with Crippen molar-refractivity contribution in [2.45, 2.75) is 26.4 Å². The van der Waals surface area contributed by atoms with Crippen molar-refractivity contribution < 1.29 is 0 Å². The van der Waals surface area contributed by atoms with Gasteiger partial charge in [-0.15, -0.1) is 0 Å². The van der Waals surface area contributed by atoms with E-state index in [1.807, 2.05) is 19.9 Å². The lowest BCUT2D eigenvalue weighted by molar-refractivity contribution is 0.575. The molecule has 6 heteroatoms. The van der Waals surface area contributed by atoms with Gasteiger partial charge in [0, 0.05) is 24.6 Å². The van der Waals surface area contributed by atoms with Gasteiger partial charge in [0.2, 0.25) is 0 Å². The van der Waals surface area contributed by atoms with E-state index in [0.717, 1.165) is 5.69 Å². The summed E-state index contributed by atoms with van der Waals surface area (Å²) in [5, 5.41) is 9.64. The predicted molar refractivity (Wildman–Crippen MR) is 64.8 cm³/mol. The van der Waals surface area contributed by atoms with E-state index in [1.165, 1.54) is 0 Å². The van der Waals surface area contributed by atoms with Crippen LogP contribution >= 0.6 is 0 Å². The van der Waals surface area contributed by atoms with Gasteiger partial charge in [0.05, 0.1) is 12.2 Å². The van der Waals surface area contributed by atoms with E-state index >= 15 is 0 Å². The van der Waals surface area contributed by atoms with Crippen molar-refractivity contribution in [3.05, 3.63) is 40.7 Å². The Labute approximate surface area is 98.7 Å². The number of aromatic nitrogens is 4. The summed E-state index contributed by atoms with van der Waals surface area (Å²) < 4.78 is 1.64. The fourth-order valence-electron chi connectivity index (χ4n) is 1.51. The number of anilines is 1. The van der Waals surface area contributed by atoms with Gasteiger partial charge in [-0.05, 0) is 19.9 Å². The average Bonchev–Trinajstić information content (AvgIpc) is 2.80. The van der Waals surface area contributed by atoms with Gasteiger partial charge in [-0.3, -0.25) is 9.89 Å². The molecule has 0 aliphatic heterocycles. The quantitative estimate of drug-likeness (QED) is 0.830. The van der Waals surface area contributed by atoms with Crippen LogP contribution in [0.15, 0.2) is 29.5 Å².